The number of halogens is 2. The van der Waals surface area contributed by atoms with Crippen molar-refractivity contribution in [3.05, 3.63) is 38.7 Å². The smallest absolute Gasteiger partial charge is 0.186 e. The molecule has 104 valence electrons. The maximum absolute atomic E-state index is 12.3. The third kappa shape index (κ3) is 3.91. The van der Waals surface area contributed by atoms with Crippen LogP contribution in [0.25, 0.3) is 0 Å². The van der Waals surface area contributed by atoms with Gasteiger partial charge in [0, 0.05) is 15.6 Å². The highest BCUT2D eigenvalue weighted by Crippen LogP contribution is 2.24. The first-order chi connectivity index (χ1) is 8.66. The predicted molar refractivity (Wildman–Crippen MR) is 77.6 cm³/mol. The minimum Gasteiger partial charge on any atom is -0.292 e. The molecule has 6 heteroatoms. The summed E-state index contributed by atoms with van der Waals surface area (Å²) in [5, 5.41) is 4.93. The van der Waals surface area contributed by atoms with Gasteiger partial charge in [-0.05, 0) is 45.9 Å². The lowest BCUT2D eigenvalue weighted by Crippen LogP contribution is -2.46. The maximum atomic E-state index is 12.3. The van der Waals surface area contributed by atoms with Crippen molar-refractivity contribution in [2.75, 3.05) is 0 Å². The third-order valence-electron chi connectivity index (χ3n) is 2.67. The van der Waals surface area contributed by atoms with Crippen molar-refractivity contribution in [3.63, 3.8) is 0 Å². The van der Waals surface area contributed by atoms with E-state index in [4.69, 9.17) is 23.2 Å². The Kier molecular flexibility index (Phi) is 4.93. The molecule has 0 amide bonds. The van der Waals surface area contributed by atoms with Crippen molar-refractivity contribution in [3.8, 4) is 0 Å². The number of nitroso groups, excluding NO2 is 1. The van der Waals surface area contributed by atoms with Crippen molar-refractivity contribution in [2.24, 2.45) is 5.29 Å². The molecule has 0 N–H and O–H groups in total. The molecule has 0 saturated heterocycles. The van der Waals surface area contributed by atoms with E-state index in [-0.39, 0.29) is 5.78 Å². The van der Waals surface area contributed by atoms with Gasteiger partial charge in [0.05, 0.1) is 10.8 Å². The van der Waals surface area contributed by atoms with E-state index in [1.54, 1.807) is 13.0 Å². The number of carbonyl (C=O) groups excluding carboxylic acids is 1. The van der Waals surface area contributed by atoms with Gasteiger partial charge in [0.25, 0.3) is 0 Å². The van der Waals surface area contributed by atoms with E-state index in [1.807, 2.05) is 20.8 Å². The summed E-state index contributed by atoms with van der Waals surface area (Å²) in [5.41, 5.74) is -0.179. The van der Waals surface area contributed by atoms with Crippen LogP contribution in [0.4, 0.5) is 0 Å². The van der Waals surface area contributed by atoms with Gasteiger partial charge in [0.15, 0.2) is 5.78 Å². The summed E-state index contributed by atoms with van der Waals surface area (Å²) in [6.07, 6.45) is 0. The molecule has 1 atom stereocenters. The first-order valence-electron chi connectivity index (χ1n) is 5.79. The molecule has 1 aromatic carbocycles. The zero-order valence-corrected chi connectivity index (χ0v) is 12.8. The van der Waals surface area contributed by atoms with Crippen molar-refractivity contribution in [1.82, 2.24) is 5.01 Å². The molecule has 4 nitrogen and oxygen atoms in total. The largest absolute Gasteiger partial charge is 0.292 e. The minimum absolute atomic E-state index is 0.251. The van der Waals surface area contributed by atoms with Crippen LogP contribution in [0.5, 0.6) is 0 Å². The van der Waals surface area contributed by atoms with E-state index in [0.29, 0.717) is 15.6 Å². The van der Waals surface area contributed by atoms with Crippen LogP contribution >= 0.6 is 23.2 Å². The third-order valence-corrected chi connectivity index (χ3v) is 3.11. The summed E-state index contributed by atoms with van der Waals surface area (Å²) in [6.45, 7) is 7.05. The standard InChI is InChI=1S/C13H16Cl2N2O2/c1-8(17(16-19)13(2,3)4)12(18)9-5-10(14)7-11(15)6-9/h5-8H,1-4H3. The molecule has 1 aromatic rings. The Hall–Kier alpha value is -1.13. The highest BCUT2D eigenvalue weighted by atomic mass is 35.5. The molecule has 0 saturated carbocycles. The fourth-order valence-corrected chi connectivity index (χ4v) is 2.35. The highest BCUT2D eigenvalue weighted by molar-refractivity contribution is 6.35. The summed E-state index contributed by atoms with van der Waals surface area (Å²) in [5.74, 6) is -0.251. The van der Waals surface area contributed by atoms with E-state index in [1.165, 1.54) is 17.1 Å². The molecule has 0 aliphatic carbocycles. The fourth-order valence-electron chi connectivity index (χ4n) is 1.82. The van der Waals surface area contributed by atoms with E-state index in [9.17, 15) is 9.70 Å². The first-order valence-corrected chi connectivity index (χ1v) is 6.55. The van der Waals surface area contributed by atoms with Gasteiger partial charge in [0.1, 0.15) is 6.04 Å². The number of rotatable bonds is 4. The maximum Gasteiger partial charge on any atom is 0.186 e. The SMILES string of the molecule is CC(C(=O)c1cc(Cl)cc(Cl)c1)N(N=O)C(C)(C)C. The normalized spacial score (nSPS) is 12.9. The summed E-state index contributed by atoms with van der Waals surface area (Å²) in [4.78, 5) is 23.3. The highest BCUT2D eigenvalue weighted by Gasteiger charge is 2.31. The molecule has 0 bridgehead atoms. The van der Waals surface area contributed by atoms with Crippen LogP contribution in [0, 0.1) is 4.91 Å². The molecule has 0 aliphatic rings. The Labute approximate surface area is 122 Å². The lowest BCUT2D eigenvalue weighted by atomic mass is 10.0. The lowest BCUT2D eigenvalue weighted by Gasteiger charge is -2.34. The molecular formula is C13H16Cl2N2O2. The number of carbonyl (C=O) groups is 1. The number of hydrogen-bond acceptors (Lipinski definition) is 3. The molecule has 0 aromatic heterocycles. The number of Topliss-reactive ketones (excluding diaryl/α,β-unsaturated/α-hetero) is 1. The van der Waals surface area contributed by atoms with Crippen LogP contribution in [0.2, 0.25) is 10.0 Å². The van der Waals surface area contributed by atoms with Gasteiger partial charge in [-0.2, -0.15) is 0 Å². The molecule has 1 unspecified atom stereocenters. The monoisotopic (exact) mass is 302 g/mol. The van der Waals surface area contributed by atoms with Crippen LogP contribution in [0.3, 0.4) is 0 Å². The molecule has 1 rings (SSSR count). The second-order valence-corrected chi connectivity index (χ2v) is 6.17. The van der Waals surface area contributed by atoms with Crippen molar-refractivity contribution >= 4 is 29.0 Å². The predicted octanol–water partition coefficient (Wildman–Crippen LogP) is 4.35. The Bertz CT molecular complexity index is 478. The Morgan fingerprint density at radius 1 is 1.21 bits per heavy atom. The summed E-state index contributed by atoms with van der Waals surface area (Å²) in [6, 6.07) is 3.91. The van der Waals surface area contributed by atoms with Crippen LogP contribution in [0.1, 0.15) is 38.1 Å². The van der Waals surface area contributed by atoms with Gasteiger partial charge in [-0.25, -0.2) is 5.01 Å². The second kappa shape index (κ2) is 5.88. The lowest BCUT2D eigenvalue weighted by molar-refractivity contribution is 0.0623. The molecular weight excluding hydrogens is 287 g/mol. The minimum atomic E-state index is -0.688. The summed E-state index contributed by atoms with van der Waals surface area (Å²) < 4.78 is 0. The van der Waals surface area contributed by atoms with Gasteiger partial charge >= 0.3 is 0 Å². The summed E-state index contributed by atoms with van der Waals surface area (Å²) in [7, 11) is 0. The number of hydrogen-bond donors (Lipinski definition) is 0. The fraction of sp³-hybridized carbons (Fsp3) is 0.462. The Morgan fingerprint density at radius 3 is 2.05 bits per heavy atom. The van der Waals surface area contributed by atoms with Crippen molar-refractivity contribution in [1.29, 1.82) is 0 Å². The van der Waals surface area contributed by atoms with Crippen LogP contribution in [-0.2, 0) is 0 Å². The molecule has 0 radical (unpaired) electrons. The first kappa shape index (κ1) is 15.9. The van der Waals surface area contributed by atoms with Gasteiger partial charge in [-0.15, -0.1) is 4.91 Å². The summed E-state index contributed by atoms with van der Waals surface area (Å²) >= 11 is 11.7. The second-order valence-electron chi connectivity index (χ2n) is 5.30. The van der Waals surface area contributed by atoms with Crippen molar-refractivity contribution < 1.29 is 4.79 Å². The zero-order chi connectivity index (χ0) is 14.8. The van der Waals surface area contributed by atoms with Crippen LogP contribution in [-0.4, -0.2) is 22.4 Å². The topological polar surface area (TPSA) is 49.7 Å². The van der Waals surface area contributed by atoms with E-state index < -0.39 is 11.6 Å². The number of nitrogens with zero attached hydrogens (tertiary/aromatic N) is 2. The van der Waals surface area contributed by atoms with Crippen LogP contribution in [0.15, 0.2) is 23.5 Å². The zero-order valence-electron chi connectivity index (χ0n) is 11.3. The molecule has 0 aliphatic heterocycles. The quantitative estimate of drug-likeness (QED) is 0.472. The van der Waals surface area contributed by atoms with E-state index in [0.717, 1.165) is 0 Å². The van der Waals surface area contributed by atoms with Gasteiger partial charge in [-0.1, -0.05) is 23.2 Å². The van der Waals surface area contributed by atoms with Crippen molar-refractivity contribution in [2.45, 2.75) is 39.3 Å². The van der Waals surface area contributed by atoms with Crippen LogP contribution < -0.4 is 0 Å². The number of ketones is 1. The molecule has 19 heavy (non-hydrogen) atoms. The molecule has 0 fully saturated rings. The van der Waals surface area contributed by atoms with Gasteiger partial charge < -0.3 is 0 Å². The van der Waals surface area contributed by atoms with Gasteiger partial charge in [0.2, 0.25) is 0 Å². The Morgan fingerprint density at radius 2 is 1.68 bits per heavy atom. The van der Waals surface area contributed by atoms with E-state index >= 15 is 0 Å². The molecule has 0 heterocycles. The Balaban J connectivity index is 3.08. The average Bonchev–Trinajstić information content (AvgIpc) is 2.25. The number of benzene rings is 1. The van der Waals surface area contributed by atoms with Gasteiger partial charge in [-0.3, -0.25) is 4.79 Å². The van der Waals surface area contributed by atoms with E-state index in [2.05, 4.69) is 5.29 Å². The molecule has 0 spiro atoms. The average molecular weight is 303 g/mol.